The van der Waals surface area contributed by atoms with E-state index in [1.54, 1.807) is 25.4 Å². The van der Waals surface area contributed by atoms with Gasteiger partial charge in [-0.2, -0.15) is 0 Å². The van der Waals surface area contributed by atoms with Crippen LogP contribution in [0.2, 0.25) is 0 Å². The number of rotatable bonds is 7. The minimum Gasteiger partial charge on any atom is -0.491 e. The Kier molecular flexibility index (Phi) is 7.22. The quantitative estimate of drug-likeness (QED) is 0.571. The van der Waals surface area contributed by atoms with Crippen molar-refractivity contribution in [2.24, 2.45) is 0 Å². The summed E-state index contributed by atoms with van der Waals surface area (Å²) in [7, 11) is 3.07. The third kappa shape index (κ3) is 5.26. The Balaban J connectivity index is 1.63. The van der Waals surface area contributed by atoms with Gasteiger partial charge in [-0.3, -0.25) is 4.79 Å². The maximum Gasteiger partial charge on any atom is 0.274 e. The Hall–Kier alpha value is -3.72. The predicted octanol–water partition coefficient (Wildman–Crippen LogP) is 2.94. The summed E-state index contributed by atoms with van der Waals surface area (Å²) in [6.45, 7) is 6.74. The number of amides is 1. The third-order valence-electron chi connectivity index (χ3n) is 5.52. The van der Waals surface area contributed by atoms with Gasteiger partial charge in [0.15, 0.2) is 17.3 Å². The van der Waals surface area contributed by atoms with Gasteiger partial charge in [0, 0.05) is 18.7 Å². The van der Waals surface area contributed by atoms with Crippen LogP contribution in [-0.4, -0.2) is 61.4 Å². The van der Waals surface area contributed by atoms with Gasteiger partial charge in [-0.1, -0.05) is 17.2 Å². The number of hydrogen-bond acceptors (Lipinski definition) is 8. The van der Waals surface area contributed by atoms with Gasteiger partial charge in [-0.15, -0.1) is 0 Å². The number of methoxy groups -OCH3 is 2. The van der Waals surface area contributed by atoms with Crippen LogP contribution in [0.25, 0.3) is 11.3 Å². The second kappa shape index (κ2) is 10.5. The minimum atomic E-state index is -0.322. The van der Waals surface area contributed by atoms with E-state index < -0.39 is 0 Å². The number of anilines is 1. The fourth-order valence-electron chi connectivity index (χ4n) is 3.92. The van der Waals surface area contributed by atoms with Crippen LogP contribution in [0.3, 0.4) is 0 Å². The molecular formula is C25H29N5O4. The topological polar surface area (TPSA) is 98.7 Å². The number of aromatic nitrogens is 3. The number of nitrogens with one attached hydrogen (secondary N) is 1. The Bertz CT molecular complexity index is 1160. The molecule has 178 valence electrons. The van der Waals surface area contributed by atoms with E-state index in [0.717, 1.165) is 16.7 Å². The molecule has 9 nitrogen and oxygen atoms in total. The minimum absolute atomic E-state index is 0.206. The molecule has 1 N–H and O–H groups in total. The van der Waals surface area contributed by atoms with Gasteiger partial charge in [0.25, 0.3) is 11.8 Å². The number of nitrogens with zero attached hydrogens (tertiary/aromatic N) is 4. The highest BCUT2D eigenvalue weighted by molar-refractivity contribution is 5.97. The Labute approximate surface area is 199 Å². The molecule has 0 bridgehead atoms. The number of morpholine rings is 1. The number of aryl methyl sites for hydroxylation is 2. The molecular weight excluding hydrogens is 434 g/mol. The molecule has 4 rings (SSSR count). The van der Waals surface area contributed by atoms with E-state index in [4.69, 9.17) is 19.2 Å². The van der Waals surface area contributed by atoms with Crippen LogP contribution in [-0.2, 0) is 11.3 Å². The highest BCUT2D eigenvalue weighted by Crippen LogP contribution is 2.26. The lowest BCUT2D eigenvalue weighted by Crippen LogP contribution is -2.39. The monoisotopic (exact) mass is 463 g/mol. The zero-order valence-corrected chi connectivity index (χ0v) is 19.9. The highest BCUT2D eigenvalue weighted by Gasteiger charge is 2.23. The lowest BCUT2D eigenvalue weighted by atomic mass is 10.1. The molecule has 1 saturated heterocycles. The number of ether oxygens (including phenoxy) is 3. The second-order valence-electron chi connectivity index (χ2n) is 8.10. The molecule has 1 fully saturated rings. The summed E-state index contributed by atoms with van der Waals surface area (Å²) in [4.78, 5) is 29.2. The summed E-state index contributed by atoms with van der Waals surface area (Å²) < 4.78 is 16.0. The summed E-state index contributed by atoms with van der Waals surface area (Å²) in [5.74, 6) is 1.12. The first-order valence-corrected chi connectivity index (χ1v) is 11.1. The van der Waals surface area contributed by atoms with Crippen molar-refractivity contribution in [1.82, 2.24) is 20.3 Å². The van der Waals surface area contributed by atoms with Crippen molar-refractivity contribution in [1.29, 1.82) is 0 Å². The van der Waals surface area contributed by atoms with Gasteiger partial charge in [0.1, 0.15) is 0 Å². The second-order valence-corrected chi connectivity index (χ2v) is 8.10. The molecule has 1 aliphatic heterocycles. The molecule has 0 unspecified atom stereocenters. The van der Waals surface area contributed by atoms with E-state index in [1.807, 2.05) is 30.9 Å². The van der Waals surface area contributed by atoms with E-state index in [9.17, 15) is 4.79 Å². The summed E-state index contributed by atoms with van der Waals surface area (Å²) >= 11 is 0. The van der Waals surface area contributed by atoms with E-state index in [2.05, 4.69) is 21.4 Å². The first-order chi connectivity index (χ1) is 16.5. The fourth-order valence-corrected chi connectivity index (χ4v) is 3.92. The SMILES string of the molecule is COc1ccc(CNC(=O)c2nc(-c3cc(C)cc(C)c3)cnc2N2CCOCC2)nc1OC. The normalized spacial score (nSPS) is 13.5. The first-order valence-electron chi connectivity index (χ1n) is 11.1. The van der Waals surface area contributed by atoms with Gasteiger partial charge >= 0.3 is 0 Å². The van der Waals surface area contributed by atoms with Crippen LogP contribution in [0.1, 0.15) is 27.3 Å². The molecule has 0 radical (unpaired) electrons. The highest BCUT2D eigenvalue weighted by atomic mass is 16.5. The standard InChI is InChI=1S/C25H29N5O4/c1-16-11-17(2)13-18(12-16)20-15-26-23(30-7-9-34-10-8-30)22(29-20)24(31)27-14-19-5-6-21(32-3)25(28-19)33-4/h5-6,11-13,15H,7-10,14H2,1-4H3,(H,27,31). The molecule has 1 aliphatic rings. The molecule has 1 aromatic carbocycles. The molecule has 0 atom stereocenters. The zero-order valence-electron chi connectivity index (χ0n) is 19.9. The van der Waals surface area contributed by atoms with Gasteiger partial charge in [0.2, 0.25) is 0 Å². The van der Waals surface area contributed by atoms with Gasteiger partial charge in [0.05, 0.1) is 51.6 Å². The Morgan fingerprint density at radius 3 is 2.47 bits per heavy atom. The van der Waals surface area contributed by atoms with Crippen molar-refractivity contribution in [2.45, 2.75) is 20.4 Å². The van der Waals surface area contributed by atoms with Crippen LogP contribution in [0.15, 0.2) is 36.5 Å². The van der Waals surface area contributed by atoms with Crippen LogP contribution in [0, 0.1) is 13.8 Å². The molecule has 1 amide bonds. The molecule has 34 heavy (non-hydrogen) atoms. The van der Waals surface area contributed by atoms with Crippen LogP contribution in [0.4, 0.5) is 5.82 Å². The van der Waals surface area contributed by atoms with Crippen molar-refractivity contribution >= 4 is 11.7 Å². The summed E-state index contributed by atoms with van der Waals surface area (Å²) in [6.07, 6.45) is 1.73. The molecule has 0 aliphatic carbocycles. The average Bonchev–Trinajstić information content (AvgIpc) is 2.86. The molecule has 3 heterocycles. The van der Waals surface area contributed by atoms with Crippen molar-refractivity contribution in [3.63, 3.8) is 0 Å². The van der Waals surface area contributed by atoms with Gasteiger partial charge in [-0.25, -0.2) is 15.0 Å². The maximum atomic E-state index is 13.3. The van der Waals surface area contributed by atoms with E-state index in [0.29, 0.717) is 55.1 Å². The zero-order chi connectivity index (χ0) is 24.1. The lowest BCUT2D eigenvalue weighted by molar-refractivity contribution is 0.0943. The van der Waals surface area contributed by atoms with E-state index in [-0.39, 0.29) is 18.1 Å². The molecule has 0 spiro atoms. The summed E-state index contributed by atoms with van der Waals surface area (Å²) in [6, 6.07) is 9.72. The van der Waals surface area contributed by atoms with Gasteiger partial charge in [-0.05, 0) is 38.1 Å². The third-order valence-corrected chi connectivity index (χ3v) is 5.52. The van der Waals surface area contributed by atoms with Crippen LogP contribution < -0.4 is 19.7 Å². The van der Waals surface area contributed by atoms with Crippen LogP contribution >= 0.6 is 0 Å². The smallest absolute Gasteiger partial charge is 0.274 e. The number of pyridine rings is 1. The Morgan fingerprint density at radius 1 is 1.06 bits per heavy atom. The van der Waals surface area contributed by atoms with Crippen molar-refractivity contribution in [3.8, 4) is 22.9 Å². The summed E-state index contributed by atoms with van der Waals surface area (Å²) in [5.41, 5.74) is 4.74. The van der Waals surface area contributed by atoms with Crippen molar-refractivity contribution in [2.75, 3.05) is 45.4 Å². The Morgan fingerprint density at radius 2 is 1.79 bits per heavy atom. The summed E-state index contributed by atoms with van der Waals surface area (Å²) in [5, 5.41) is 2.93. The molecule has 0 saturated carbocycles. The molecule has 9 heteroatoms. The van der Waals surface area contributed by atoms with Crippen LogP contribution in [0.5, 0.6) is 11.6 Å². The maximum absolute atomic E-state index is 13.3. The van der Waals surface area contributed by atoms with E-state index in [1.165, 1.54) is 7.11 Å². The van der Waals surface area contributed by atoms with Crippen molar-refractivity contribution in [3.05, 3.63) is 59.0 Å². The molecule has 2 aromatic heterocycles. The predicted molar refractivity (Wildman–Crippen MR) is 128 cm³/mol. The first kappa shape index (κ1) is 23.4. The number of benzene rings is 1. The lowest BCUT2D eigenvalue weighted by Gasteiger charge is -2.29. The van der Waals surface area contributed by atoms with Gasteiger partial charge < -0.3 is 24.4 Å². The fraction of sp³-hybridized carbons (Fsp3) is 0.360. The average molecular weight is 464 g/mol. The molecule has 3 aromatic rings. The van der Waals surface area contributed by atoms with Crippen molar-refractivity contribution < 1.29 is 19.0 Å². The number of carbonyl (C=O) groups is 1. The number of hydrogen-bond donors (Lipinski definition) is 1. The largest absolute Gasteiger partial charge is 0.491 e. The van der Waals surface area contributed by atoms with E-state index >= 15 is 0 Å². The number of carbonyl (C=O) groups excluding carboxylic acids is 1.